The van der Waals surface area contributed by atoms with Crippen molar-refractivity contribution in [2.24, 2.45) is 0 Å². The molecule has 1 unspecified atom stereocenters. The molecule has 1 atom stereocenters. The van der Waals surface area contributed by atoms with Crippen molar-refractivity contribution in [3.63, 3.8) is 0 Å². The van der Waals surface area contributed by atoms with Crippen molar-refractivity contribution in [2.45, 2.75) is 6.04 Å². The Bertz CT molecular complexity index is 232. The molecule has 0 radical (unpaired) electrons. The van der Waals surface area contributed by atoms with Crippen molar-refractivity contribution in [2.75, 3.05) is 0 Å². The maximum absolute atomic E-state index is 9.93. The summed E-state index contributed by atoms with van der Waals surface area (Å²) in [6.07, 6.45) is 1.05. The van der Waals surface area contributed by atoms with E-state index in [0.29, 0.717) is 0 Å². The van der Waals surface area contributed by atoms with Gasteiger partial charge in [0, 0.05) is 6.21 Å². The van der Waals surface area contributed by atoms with E-state index >= 15 is 0 Å². The van der Waals surface area contributed by atoms with Crippen LogP contribution in [0.15, 0.2) is 0 Å². The second-order valence-corrected chi connectivity index (χ2v) is 2.30. The highest BCUT2D eigenvalue weighted by Crippen LogP contribution is 1.94. The number of nitrogens with one attached hydrogen (secondary N) is 2. The van der Waals surface area contributed by atoms with Crippen molar-refractivity contribution in [3.8, 4) is 0 Å². The molecule has 1 fully saturated rings. The largest absolute Gasteiger partial charge is 0.311 e. The molecular weight excluding hydrogens is 128 g/mol. The smallest absolute Gasteiger partial charge is 0.230 e. The van der Waals surface area contributed by atoms with E-state index < -0.39 is 10.3 Å². The zero-order valence-electron chi connectivity index (χ0n) is 3.88. The third-order valence-corrected chi connectivity index (χ3v) is 1.57. The lowest BCUT2D eigenvalue weighted by atomic mass is 10.5. The Kier molecular flexibility index (Phi) is 1.15. The lowest BCUT2D eigenvalue weighted by Crippen LogP contribution is -1.87. The van der Waals surface area contributed by atoms with Gasteiger partial charge in [-0.25, -0.2) is 0 Å². The van der Waals surface area contributed by atoms with Crippen molar-refractivity contribution >= 4 is 21.5 Å². The molecule has 0 aromatic rings. The highest BCUT2D eigenvalue weighted by Gasteiger charge is 2.29. The van der Waals surface area contributed by atoms with Gasteiger partial charge in [0.15, 0.2) is 0 Å². The van der Waals surface area contributed by atoms with Gasteiger partial charge in [-0.05, 0) is 0 Å². The van der Waals surface area contributed by atoms with Gasteiger partial charge >= 0.3 is 0 Å². The van der Waals surface area contributed by atoms with Crippen LogP contribution in [0.1, 0.15) is 0 Å². The van der Waals surface area contributed by atoms with Gasteiger partial charge in [0.1, 0.15) is 4.99 Å². The molecule has 0 spiro atoms. The van der Waals surface area contributed by atoms with Gasteiger partial charge in [-0.3, -0.25) is 5.32 Å². The Hall–Kier alpha value is -0.680. The first-order chi connectivity index (χ1) is 3.75. The van der Waals surface area contributed by atoms with Crippen molar-refractivity contribution < 1.29 is 8.42 Å². The first-order valence-electron chi connectivity index (χ1n) is 1.99. The molecule has 0 aromatic heterocycles. The molecule has 0 bridgehead atoms. The molecule has 44 valence electrons. The summed E-state index contributed by atoms with van der Waals surface area (Å²) in [4.78, 5) is 0.222. The number of hydrogen-bond donors (Lipinski definition) is 2. The lowest BCUT2D eigenvalue weighted by Gasteiger charge is -1.59. The molecule has 5 heteroatoms. The third-order valence-electron chi connectivity index (χ3n) is 0.843. The minimum Gasteiger partial charge on any atom is -0.311 e. The quantitative estimate of drug-likeness (QED) is 0.262. The summed E-state index contributed by atoms with van der Waals surface area (Å²) in [5.41, 5.74) is 0. The standard InChI is InChI=1S/C3H4N2O2S/c4-1-2-3(5-2)8(6)7/h1-2,4-5H. The predicted molar refractivity (Wildman–Crippen MR) is 29.6 cm³/mol. The van der Waals surface area contributed by atoms with Crippen LogP contribution < -0.4 is 5.32 Å². The maximum atomic E-state index is 9.93. The summed E-state index contributed by atoms with van der Waals surface area (Å²) in [5, 5.41) is 9.04. The zero-order chi connectivity index (χ0) is 6.15. The van der Waals surface area contributed by atoms with Gasteiger partial charge in [-0.15, -0.1) is 0 Å². The summed E-state index contributed by atoms with van der Waals surface area (Å²) in [6.45, 7) is 0. The summed E-state index contributed by atoms with van der Waals surface area (Å²) in [7, 11) is -2.13. The highest BCUT2D eigenvalue weighted by molar-refractivity contribution is 7.73. The van der Waals surface area contributed by atoms with Crippen LogP contribution in [0.3, 0.4) is 0 Å². The fourth-order valence-corrected chi connectivity index (χ4v) is 0.879. The summed E-state index contributed by atoms with van der Waals surface area (Å²) >= 11 is 0. The number of hydrogen-bond acceptors (Lipinski definition) is 3. The molecule has 2 N–H and O–H groups in total. The van der Waals surface area contributed by atoms with Gasteiger partial charge in [0.25, 0.3) is 0 Å². The summed E-state index contributed by atoms with van der Waals surface area (Å²) in [5.74, 6) is 0. The monoisotopic (exact) mass is 132 g/mol. The van der Waals surface area contributed by atoms with E-state index in [1.807, 2.05) is 0 Å². The fourth-order valence-electron chi connectivity index (χ4n) is 0.381. The summed E-state index contributed by atoms with van der Waals surface area (Å²) in [6, 6.07) is -0.312. The highest BCUT2D eigenvalue weighted by atomic mass is 32.2. The van der Waals surface area contributed by atoms with E-state index in [0.717, 1.165) is 6.21 Å². The van der Waals surface area contributed by atoms with Gasteiger partial charge in [0.05, 0.1) is 6.04 Å². The molecule has 1 aliphatic heterocycles. The van der Waals surface area contributed by atoms with E-state index in [-0.39, 0.29) is 11.0 Å². The van der Waals surface area contributed by atoms with Gasteiger partial charge < -0.3 is 5.41 Å². The van der Waals surface area contributed by atoms with Crippen LogP contribution in [0.2, 0.25) is 0 Å². The third kappa shape index (κ3) is 0.775. The topological polar surface area (TPSA) is 79.9 Å². The van der Waals surface area contributed by atoms with Crippen LogP contribution in [0.5, 0.6) is 0 Å². The Morgan fingerprint density at radius 2 is 2.38 bits per heavy atom. The van der Waals surface area contributed by atoms with E-state index in [9.17, 15) is 8.42 Å². The average Bonchev–Trinajstić information content (AvgIpc) is 2.42. The van der Waals surface area contributed by atoms with Crippen LogP contribution in [0.4, 0.5) is 0 Å². The SMILES string of the molecule is N=CC1NC1=S(=O)=O. The van der Waals surface area contributed by atoms with E-state index in [1.54, 1.807) is 0 Å². The molecule has 0 aromatic carbocycles. The summed E-state index contributed by atoms with van der Waals surface area (Å²) < 4.78 is 19.9. The van der Waals surface area contributed by atoms with Crippen molar-refractivity contribution in [3.05, 3.63) is 0 Å². The van der Waals surface area contributed by atoms with Crippen LogP contribution in [-0.4, -0.2) is 25.7 Å². The van der Waals surface area contributed by atoms with Crippen LogP contribution in [0, 0.1) is 5.41 Å². The molecule has 1 heterocycles. The molecule has 0 saturated carbocycles. The Morgan fingerprint density at radius 3 is 2.50 bits per heavy atom. The Morgan fingerprint density at radius 1 is 1.75 bits per heavy atom. The van der Waals surface area contributed by atoms with Crippen molar-refractivity contribution in [1.82, 2.24) is 5.32 Å². The minimum atomic E-state index is -2.13. The normalized spacial score (nSPS) is 25.0. The van der Waals surface area contributed by atoms with E-state index in [4.69, 9.17) is 5.41 Å². The fraction of sp³-hybridized carbons (Fsp3) is 0.333. The second-order valence-electron chi connectivity index (χ2n) is 1.39. The van der Waals surface area contributed by atoms with Gasteiger partial charge in [-0.1, -0.05) is 0 Å². The molecular formula is C3H4N2O2S. The molecule has 1 saturated heterocycles. The van der Waals surface area contributed by atoms with Gasteiger partial charge in [-0.2, -0.15) is 8.42 Å². The Balaban J connectivity index is 2.89. The first-order valence-corrected chi connectivity index (χ1v) is 3.06. The molecule has 8 heavy (non-hydrogen) atoms. The first kappa shape index (κ1) is 5.46. The number of rotatable bonds is 1. The van der Waals surface area contributed by atoms with Gasteiger partial charge in [0.2, 0.25) is 10.3 Å². The minimum absolute atomic E-state index is 0.222. The maximum Gasteiger partial charge on any atom is 0.230 e. The van der Waals surface area contributed by atoms with E-state index in [2.05, 4.69) is 5.32 Å². The molecule has 0 amide bonds. The predicted octanol–water partition coefficient (Wildman–Crippen LogP) is -1.38. The molecule has 0 aliphatic carbocycles. The Labute approximate surface area is 47.6 Å². The zero-order valence-corrected chi connectivity index (χ0v) is 4.70. The van der Waals surface area contributed by atoms with Crippen LogP contribution in [0.25, 0.3) is 0 Å². The molecule has 1 rings (SSSR count). The van der Waals surface area contributed by atoms with Crippen molar-refractivity contribution in [1.29, 1.82) is 5.41 Å². The van der Waals surface area contributed by atoms with Crippen LogP contribution in [-0.2, 0) is 10.3 Å². The lowest BCUT2D eigenvalue weighted by molar-refractivity contribution is 0.627. The molecule has 1 aliphatic rings. The average molecular weight is 132 g/mol. The van der Waals surface area contributed by atoms with E-state index in [1.165, 1.54) is 0 Å². The molecule has 4 nitrogen and oxygen atoms in total. The van der Waals surface area contributed by atoms with Crippen LogP contribution >= 0.6 is 0 Å². The second kappa shape index (κ2) is 1.68.